The lowest BCUT2D eigenvalue weighted by atomic mass is 9.93. The second kappa shape index (κ2) is 13.1. The Balaban J connectivity index is 1.58. The van der Waals surface area contributed by atoms with Crippen LogP contribution in [0.3, 0.4) is 0 Å². The summed E-state index contributed by atoms with van der Waals surface area (Å²) >= 11 is 0. The Kier molecular flexibility index (Phi) is 9.77. The number of fused-ring (bicyclic) bond motifs is 2. The molecular weight excluding hydrogens is 546 g/mol. The molecule has 5 amide bonds. The molecule has 1 saturated carbocycles. The summed E-state index contributed by atoms with van der Waals surface area (Å²) in [5.74, 6) is -2.51. The molecule has 232 valence electrons. The third kappa shape index (κ3) is 6.84. The number of carbonyl (C=O) groups excluding carboxylic acids is 5. The Labute approximate surface area is 254 Å². The van der Waals surface area contributed by atoms with E-state index in [1.165, 1.54) is 6.08 Å². The van der Waals surface area contributed by atoms with Crippen LogP contribution in [0.25, 0.3) is 0 Å². The maximum atomic E-state index is 14.4. The van der Waals surface area contributed by atoms with Gasteiger partial charge in [0, 0.05) is 19.1 Å². The fourth-order valence-electron chi connectivity index (χ4n) is 6.87. The summed E-state index contributed by atoms with van der Waals surface area (Å²) in [6.07, 6.45) is 4.97. The molecular formula is C33H45N5O5. The summed E-state index contributed by atoms with van der Waals surface area (Å²) in [7, 11) is 0. The van der Waals surface area contributed by atoms with E-state index in [0.29, 0.717) is 25.8 Å². The van der Waals surface area contributed by atoms with Crippen molar-refractivity contribution >= 4 is 29.5 Å². The van der Waals surface area contributed by atoms with Crippen LogP contribution in [-0.2, 0) is 32.0 Å². The number of nitrogens with zero attached hydrogens (tertiary/aromatic N) is 1. The van der Waals surface area contributed by atoms with Crippen molar-refractivity contribution in [1.82, 2.24) is 26.2 Å². The van der Waals surface area contributed by atoms with Crippen LogP contribution in [0.5, 0.6) is 0 Å². The SMILES string of the molecule is C=CCCC(NC(=O)[C@@H]1[C@H]2[C@@H](CN1C(=O)C(NC(=O)NC(C)C)C1Cc3ccccc3C1)C2(C)C)C(=O)C(=O)NCC=C. The lowest BCUT2D eigenvalue weighted by molar-refractivity contribution is -0.144. The topological polar surface area (TPSA) is 137 Å². The molecule has 1 aliphatic heterocycles. The fraction of sp³-hybridized carbons (Fsp3) is 0.545. The Bertz CT molecular complexity index is 1260. The molecule has 10 heteroatoms. The van der Waals surface area contributed by atoms with Gasteiger partial charge in [-0.2, -0.15) is 0 Å². The molecule has 5 atom stereocenters. The average molecular weight is 592 g/mol. The van der Waals surface area contributed by atoms with Gasteiger partial charge in [0.2, 0.25) is 17.6 Å². The van der Waals surface area contributed by atoms with E-state index in [-0.39, 0.29) is 48.1 Å². The van der Waals surface area contributed by atoms with Crippen LogP contribution in [0, 0.1) is 23.2 Å². The maximum absolute atomic E-state index is 14.4. The van der Waals surface area contributed by atoms with Crippen LogP contribution < -0.4 is 21.3 Å². The number of ketones is 1. The van der Waals surface area contributed by atoms with Gasteiger partial charge >= 0.3 is 6.03 Å². The van der Waals surface area contributed by atoms with E-state index in [1.54, 1.807) is 11.0 Å². The van der Waals surface area contributed by atoms with Gasteiger partial charge in [0.1, 0.15) is 12.1 Å². The molecule has 2 aliphatic carbocycles. The highest BCUT2D eigenvalue weighted by Crippen LogP contribution is 2.65. The largest absolute Gasteiger partial charge is 0.346 e. The molecule has 10 nitrogen and oxygen atoms in total. The first-order chi connectivity index (χ1) is 20.4. The van der Waals surface area contributed by atoms with Gasteiger partial charge in [-0.05, 0) is 73.8 Å². The van der Waals surface area contributed by atoms with E-state index < -0.39 is 41.8 Å². The lowest BCUT2D eigenvalue weighted by Crippen LogP contribution is -2.60. The number of nitrogens with one attached hydrogen (secondary N) is 4. The molecule has 1 aromatic carbocycles. The second-order valence-electron chi connectivity index (χ2n) is 12.9. The van der Waals surface area contributed by atoms with Gasteiger partial charge in [0.05, 0.1) is 6.04 Å². The summed E-state index contributed by atoms with van der Waals surface area (Å²) in [6.45, 7) is 15.6. The predicted molar refractivity (Wildman–Crippen MR) is 164 cm³/mol. The summed E-state index contributed by atoms with van der Waals surface area (Å²) in [6, 6.07) is 4.72. The Morgan fingerprint density at radius 1 is 1.00 bits per heavy atom. The smallest absolute Gasteiger partial charge is 0.315 e. The van der Waals surface area contributed by atoms with Gasteiger partial charge in [0.15, 0.2) is 0 Å². The van der Waals surface area contributed by atoms with E-state index in [4.69, 9.17) is 0 Å². The second-order valence-corrected chi connectivity index (χ2v) is 12.9. The third-order valence-electron chi connectivity index (χ3n) is 9.21. The van der Waals surface area contributed by atoms with Gasteiger partial charge < -0.3 is 26.2 Å². The molecule has 0 radical (unpaired) electrons. The Morgan fingerprint density at radius 3 is 2.23 bits per heavy atom. The van der Waals surface area contributed by atoms with E-state index >= 15 is 0 Å². The number of amides is 5. The first kappa shape index (κ1) is 32.0. The zero-order valence-corrected chi connectivity index (χ0v) is 25.7. The first-order valence-corrected chi connectivity index (χ1v) is 15.2. The van der Waals surface area contributed by atoms with Gasteiger partial charge in [-0.15, -0.1) is 13.2 Å². The van der Waals surface area contributed by atoms with Crippen molar-refractivity contribution in [2.24, 2.45) is 23.2 Å². The van der Waals surface area contributed by atoms with Crippen LogP contribution in [0.1, 0.15) is 51.7 Å². The summed E-state index contributed by atoms with van der Waals surface area (Å²) in [4.78, 5) is 68.3. The number of hydrogen-bond donors (Lipinski definition) is 4. The molecule has 0 spiro atoms. The number of Topliss-reactive ketones (excluding diaryl/α,β-unsaturated/α-hetero) is 1. The van der Waals surface area contributed by atoms with Crippen molar-refractivity contribution in [2.75, 3.05) is 13.1 Å². The van der Waals surface area contributed by atoms with Crippen LogP contribution in [0.2, 0.25) is 0 Å². The molecule has 3 aliphatic rings. The molecule has 2 fully saturated rings. The average Bonchev–Trinajstić information content (AvgIpc) is 3.33. The van der Waals surface area contributed by atoms with E-state index in [1.807, 2.05) is 38.1 Å². The molecule has 1 heterocycles. The minimum absolute atomic E-state index is 0.105. The van der Waals surface area contributed by atoms with Crippen molar-refractivity contribution in [2.45, 2.75) is 77.5 Å². The normalized spacial score (nSPS) is 22.9. The molecule has 1 saturated heterocycles. The number of piperidine rings is 1. The quantitative estimate of drug-likeness (QED) is 0.206. The summed E-state index contributed by atoms with van der Waals surface area (Å²) in [5, 5.41) is 11.0. The number of rotatable bonds is 13. The number of benzene rings is 1. The number of hydrogen-bond acceptors (Lipinski definition) is 5. The Morgan fingerprint density at radius 2 is 1.65 bits per heavy atom. The summed E-state index contributed by atoms with van der Waals surface area (Å²) < 4.78 is 0. The van der Waals surface area contributed by atoms with Crippen LogP contribution in [-0.4, -0.2) is 71.7 Å². The van der Waals surface area contributed by atoms with E-state index in [0.717, 1.165) is 11.1 Å². The van der Waals surface area contributed by atoms with Gasteiger partial charge in [-0.3, -0.25) is 19.2 Å². The highest BCUT2D eigenvalue weighted by atomic mass is 16.2. The predicted octanol–water partition coefficient (Wildman–Crippen LogP) is 2.28. The third-order valence-corrected chi connectivity index (χ3v) is 9.21. The van der Waals surface area contributed by atoms with Crippen LogP contribution in [0.15, 0.2) is 49.6 Å². The van der Waals surface area contributed by atoms with Crippen LogP contribution >= 0.6 is 0 Å². The van der Waals surface area contributed by atoms with Crippen molar-refractivity contribution in [3.63, 3.8) is 0 Å². The maximum Gasteiger partial charge on any atom is 0.315 e. The summed E-state index contributed by atoms with van der Waals surface area (Å²) in [5.41, 5.74) is 2.13. The number of likely N-dealkylation sites (tertiary alicyclic amines) is 1. The van der Waals surface area contributed by atoms with Gasteiger partial charge in [-0.25, -0.2) is 4.79 Å². The highest BCUT2D eigenvalue weighted by molar-refractivity contribution is 6.38. The zero-order valence-electron chi connectivity index (χ0n) is 25.7. The van der Waals surface area contributed by atoms with Gasteiger partial charge in [0.25, 0.3) is 5.91 Å². The zero-order chi connectivity index (χ0) is 31.5. The molecule has 0 bridgehead atoms. The van der Waals surface area contributed by atoms with Crippen molar-refractivity contribution in [3.8, 4) is 0 Å². The standard InChI is InChI=1S/C33H45N5O5/c1-7-9-14-24(28(39)30(41)34-15-8-2)36-29(40)27-25-23(33(25,5)6)18-38(27)31(42)26(37-32(43)35-19(3)4)22-16-20-12-10-11-13-21(20)17-22/h7-8,10-13,19,22-27H,1-2,9,14-18H2,3-6H3,(H,34,41)(H,36,40)(H2,35,37,43)/t23-,24?,25-,26?,27+/m1/s1. The number of allylic oxidation sites excluding steroid dienone is 1. The molecule has 4 rings (SSSR count). The minimum atomic E-state index is -1.07. The number of carbonyl (C=O) groups is 5. The molecule has 2 unspecified atom stereocenters. The fourth-order valence-corrected chi connectivity index (χ4v) is 6.87. The van der Waals surface area contributed by atoms with E-state index in [9.17, 15) is 24.0 Å². The highest BCUT2D eigenvalue weighted by Gasteiger charge is 2.69. The van der Waals surface area contributed by atoms with E-state index in [2.05, 4.69) is 48.3 Å². The lowest BCUT2D eigenvalue weighted by Gasteiger charge is -2.35. The van der Waals surface area contributed by atoms with Crippen molar-refractivity contribution < 1.29 is 24.0 Å². The molecule has 1 aromatic rings. The minimum Gasteiger partial charge on any atom is -0.346 e. The van der Waals surface area contributed by atoms with Gasteiger partial charge in [-0.1, -0.05) is 50.3 Å². The molecule has 4 N–H and O–H groups in total. The van der Waals surface area contributed by atoms with Crippen molar-refractivity contribution in [3.05, 3.63) is 60.7 Å². The molecule has 0 aromatic heterocycles. The number of urea groups is 1. The monoisotopic (exact) mass is 591 g/mol. The molecule has 43 heavy (non-hydrogen) atoms. The first-order valence-electron chi connectivity index (χ1n) is 15.2. The van der Waals surface area contributed by atoms with Crippen molar-refractivity contribution in [1.29, 1.82) is 0 Å². The Hall–Kier alpha value is -3.95. The van der Waals surface area contributed by atoms with Crippen LogP contribution in [0.4, 0.5) is 4.79 Å².